The van der Waals surface area contributed by atoms with Crippen molar-refractivity contribution in [1.29, 1.82) is 0 Å². The first-order valence-electron chi connectivity index (χ1n) is 10.5. The number of carbonyl (C=O) groups excluding carboxylic acids is 1. The number of rotatable bonds is 8. The van der Waals surface area contributed by atoms with E-state index in [0.717, 1.165) is 23.9 Å². The molecule has 0 atom stereocenters. The topological polar surface area (TPSA) is 45.7 Å². The number of para-hydroxylation sites is 2. The summed E-state index contributed by atoms with van der Waals surface area (Å²) < 4.78 is 34.3. The maximum absolute atomic E-state index is 14.3. The van der Waals surface area contributed by atoms with Crippen LogP contribution in [0, 0.1) is 11.6 Å². The summed E-state index contributed by atoms with van der Waals surface area (Å²) in [5.41, 5.74) is 0.410. The molecule has 0 aliphatic carbocycles. The Kier molecular flexibility index (Phi) is 8.55. The molecule has 0 aliphatic heterocycles. The zero-order valence-electron chi connectivity index (χ0n) is 18.7. The second-order valence-corrected chi connectivity index (χ2v) is 8.76. The lowest BCUT2D eigenvalue weighted by atomic mass is 10.1. The van der Waals surface area contributed by atoms with Gasteiger partial charge in [-0.25, -0.2) is 13.8 Å². The van der Waals surface area contributed by atoms with Gasteiger partial charge in [-0.1, -0.05) is 41.7 Å². The molecule has 4 aromatic rings. The lowest BCUT2D eigenvalue weighted by molar-refractivity contribution is 0.0983. The number of ether oxygens (including phenoxy) is 1. The van der Waals surface area contributed by atoms with Gasteiger partial charge in [0.2, 0.25) is 0 Å². The average Bonchev–Trinajstić information content (AvgIpc) is 3.21. The monoisotopic (exact) mass is 503 g/mol. The fourth-order valence-corrected chi connectivity index (χ4v) is 4.41. The van der Waals surface area contributed by atoms with Crippen LogP contribution in [0.3, 0.4) is 0 Å². The number of carbonyl (C=O) groups is 1. The Morgan fingerprint density at radius 2 is 1.71 bits per heavy atom. The number of hydrogen-bond donors (Lipinski definition) is 0. The van der Waals surface area contributed by atoms with E-state index in [-0.39, 0.29) is 23.8 Å². The molecule has 0 bridgehead atoms. The number of benzene rings is 3. The van der Waals surface area contributed by atoms with Crippen LogP contribution in [0.2, 0.25) is 0 Å². The smallest absolute Gasteiger partial charge is 0.263 e. The highest BCUT2D eigenvalue weighted by atomic mass is 35.5. The van der Waals surface area contributed by atoms with Crippen LogP contribution in [-0.4, -0.2) is 43.0 Å². The maximum atomic E-state index is 14.3. The summed E-state index contributed by atoms with van der Waals surface area (Å²) in [6, 6.07) is 18.2. The normalized spacial score (nSPS) is 10.9. The first-order valence-corrected chi connectivity index (χ1v) is 11.3. The molecule has 9 heteroatoms. The van der Waals surface area contributed by atoms with E-state index in [2.05, 4.69) is 4.98 Å². The number of hydrogen-bond acceptors (Lipinski definition) is 5. The van der Waals surface area contributed by atoms with Crippen LogP contribution >= 0.6 is 23.7 Å². The second-order valence-electron chi connectivity index (χ2n) is 7.76. The summed E-state index contributed by atoms with van der Waals surface area (Å²) >= 11 is 1.08. The van der Waals surface area contributed by atoms with Crippen molar-refractivity contribution >= 4 is 45.0 Å². The summed E-state index contributed by atoms with van der Waals surface area (Å²) in [6.45, 7) is 1.11. The highest BCUT2D eigenvalue weighted by Gasteiger charge is 2.25. The van der Waals surface area contributed by atoms with Gasteiger partial charge in [0.1, 0.15) is 22.8 Å². The van der Waals surface area contributed by atoms with E-state index in [4.69, 9.17) is 4.74 Å². The molecule has 0 unspecified atom stereocenters. The Balaban J connectivity index is 0.00000324. The summed E-state index contributed by atoms with van der Waals surface area (Å²) in [7, 11) is 3.90. The van der Waals surface area contributed by atoms with Crippen molar-refractivity contribution < 1.29 is 18.3 Å². The Hall–Kier alpha value is -3.07. The van der Waals surface area contributed by atoms with Crippen LogP contribution in [0.25, 0.3) is 10.2 Å². The van der Waals surface area contributed by atoms with Crippen molar-refractivity contribution in [2.45, 2.75) is 6.42 Å². The standard InChI is InChI=1S/C25H23F2N3O2S.ClH/c1-29(2)13-8-14-30(25-28-23-20(27)15-17(26)16-22(23)33-25)24(31)19-11-6-7-12-21(19)32-18-9-4-3-5-10-18;/h3-7,9-12,15-16H,8,13-14H2,1-2H3;1H. The van der Waals surface area contributed by atoms with Crippen LogP contribution < -0.4 is 9.64 Å². The first kappa shape index (κ1) is 25.6. The largest absolute Gasteiger partial charge is 0.457 e. The molecule has 1 amide bonds. The van der Waals surface area contributed by atoms with Crippen molar-refractivity contribution in [3.63, 3.8) is 0 Å². The van der Waals surface area contributed by atoms with Crippen LogP contribution in [0.15, 0.2) is 66.7 Å². The van der Waals surface area contributed by atoms with Crippen LogP contribution in [-0.2, 0) is 0 Å². The number of thiazole rings is 1. The minimum absolute atomic E-state index is 0. The minimum Gasteiger partial charge on any atom is -0.457 e. The lowest BCUT2D eigenvalue weighted by Crippen LogP contribution is -2.33. The van der Waals surface area contributed by atoms with Crippen molar-refractivity contribution in [3.8, 4) is 11.5 Å². The van der Waals surface area contributed by atoms with Crippen LogP contribution in [0.5, 0.6) is 11.5 Å². The quantitative estimate of drug-likeness (QED) is 0.279. The summed E-state index contributed by atoms with van der Waals surface area (Å²) in [6.07, 6.45) is 0.674. The highest BCUT2D eigenvalue weighted by molar-refractivity contribution is 7.22. The van der Waals surface area contributed by atoms with Crippen LogP contribution in [0.1, 0.15) is 16.8 Å². The fourth-order valence-electron chi connectivity index (χ4n) is 3.38. The molecular weight excluding hydrogens is 480 g/mol. The minimum atomic E-state index is -0.749. The zero-order chi connectivity index (χ0) is 23.4. The SMILES string of the molecule is CN(C)CCCN(C(=O)c1ccccc1Oc1ccccc1)c1nc2c(F)cc(F)cc2s1.Cl. The predicted octanol–water partition coefficient (Wildman–Crippen LogP) is 6.39. The van der Waals surface area contributed by atoms with Crippen molar-refractivity contribution in [2.75, 3.05) is 32.1 Å². The Bertz CT molecular complexity index is 1270. The molecule has 5 nitrogen and oxygen atoms in total. The number of aromatic nitrogens is 1. The molecule has 0 N–H and O–H groups in total. The van der Waals surface area contributed by atoms with E-state index < -0.39 is 11.6 Å². The predicted molar refractivity (Wildman–Crippen MR) is 135 cm³/mol. The van der Waals surface area contributed by atoms with Crippen LogP contribution in [0.4, 0.5) is 13.9 Å². The molecule has 0 aliphatic rings. The van der Waals surface area contributed by atoms with E-state index in [0.29, 0.717) is 39.9 Å². The molecule has 3 aromatic carbocycles. The third-order valence-electron chi connectivity index (χ3n) is 4.95. The van der Waals surface area contributed by atoms with Gasteiger partial charge in [-0.3, -0.25) is 9.69 Å². The van der Waals surface area contributed by atoms with E-state index >= 15 is 0 Å². The highest BCUT2D eigenvalue weighted by Crippen LogP contribution is 2.34. The van der Waals surface area contributed by atoms with E-state index in [1.54, 1.807) is 36.4 Å². The molecule has 0 saturated carbocycles. The number of amides is 1. The van der Waals surface area contributed by atoms with Crippen molar-refractivity contribution in [2.24, 2.45) is 0 Å². The van der Waals surface area contributed by atoms with Crippen molar-refractivity contribution in [1.82, 2.24) is 9.88 Å². The Labute approximate surface area is 207 Å². The number of nitrogens with zero attached hydrogens (tertiary/aromatic N) is 3. The van der Waals surface area contributed by atoms with Crippen molar-refractivity contribution in [3.05, 3.63) is 83.9 Å². The van der Waals surface area contributed by atoms with Gasteiger partial charge in [-0.2, -0.15) is 0 Å². The third-order valence-corrected chi connectivity index (χ3v) is 5.98. The van der Waals surface area contributed by atoms with Gasteiger partial charge in [0.25, 0.3) is 5.91 Å². The van der Waals surface area contributed by atoms with Gasteiger partial charge in [0, 0.05) is 12.6 Å². The molecule has 0 radical (unpaired) electrons. The first-order chi connectivity index (χ1) is 15.9. The Morgan fingerprint density at radius 3 is 2.44 bits per heavy atom. The third kappa shape index (κ3) is 5.88. The number of anilines is 1. The van der Waals surface area contributed by atoms with Gasteiger partial charge in [0.05, 0.1) is 10.3 Å². The molecular formula is C25H24ClF2N3O2S. The molecule has 34 heavy (non-hydrogen) atoms. The molecule has 1 aromatic heterocycles. The lowest BCUT2D eigenvalue weighted by Gasteiger charge is -2.22. The average molecular weight is 504 g/mol. The molecule has 0 spiro atoms. The van der Waals surface area contributed by atoms with E-state index in [1.165, 1.54) is 11.0 Å². The van der Waals surface area contributed by atoms with Gasteiger partial charge >= 0.3 is 0 Å². The molecule has 0 fully saturated rings. The summed E-state index contributed by atoms with van der Waals surface area (Å²) in [5, 5.41) is 0.313. The molecule has 178 valence electrons. The number of halogens is 3. The van der Waals surface area contributed by atoms with E-state index in [9.17, 15) is 13.6 Å². The molecule has 0 saturated heterocycles. The van der Waals surface area contributed by atoms with Gasteiger partial charge in [-0.05, 0) is 57.4 Å². The van der Waals surface area contributed by atoms with E-state index in [1.807, 2.05) is 37.2 Å². The second kappa shape index (κ2) is 11.4. The fraction of sp³-hybridized carbons (Fsp3) is 0.200. The van der Waals surface area contributed by atoms with Gasteiger partial charge < -0.3 is 9.64 Å². The maximum Gasteiger partial charge on any atom is 0.263 e. The Morgan fingerprint density at radius 1 is 1.00 bits per heavy atom. The molecule has 1 heterocycles. The van der Waals surface area contributed by atoms with Gasteiger partial charge in [0.15, 0.2) is 10.9 Å². The molecule has 4 rings (SSSR count). The summed E-state index contributed by atoms with van der Waals surface area (Å²) in [5.74, 6) is -0.734. The zero-order valence-corrected chi connectivity index (χ0v) is 20.3. The number of fused-ring (bicyclic) bond motifs is 1. The summed E-state index contributed by atoms with van der Waals surface area (Å²) in [4.78, 5) is 21.6. The van der Waals surface area contributed by atoms with Gasteiger partial charge in [-0.15, -0.1) is 12.4 Å².